The number of nitrogens with zero attached hydrogens (tertiary/aromatic N) is 5. The summed E-state index contributed by atoms with van der Waals surface area (Å²) in [6.45, 7) is 0.909. The van der Waals surface area contributed by atoms with Gasteiger partial charge in [0.1, 0.15) is 12.3 Å². The molecule has 0 N–H and O–H groups in total. The van der Waals surface area contributed by atoms with Gasteiger partial charge >= 0.3 is 17.8 Å². The molecule has 0 bridgehead atoms. The van der Waals surface area contributed by atoms with Gasteiger partial charge < -0.3 is 18.9 Å². The molecule has 2 aromatic rings. The van der Waals surface area contributed by atoms with Crippen molar-refractivity contribution >= 4 is 29.4 Å². The predicted octanol–water partition coefficient (Wildman–Crippen LogP) is 1.53. The number of benzene rings is 1. The third-order valence-electron chi connectivity index (χ3n) is 6.47. The summed E-state index contributed by atoms with van der Waals surface area (Å²) in [5.74, 6) is -1.19. The van der Waals surface area contributed by atoms with E-state index in [9.17, 15) is 19.2 Å². The van der Waals surface area contributed by atoms with Gasteiger partial charge in [0.05, 0.1) is 31.9 Å². The molecule has 1 aromatic heterocycles. The van der Waals surface area contributed by atoms with Gasteiger partial charge in [0.15, 0.2) is 5.82 Å². The van der Waals surface area contributed by atoms with Crippen LogP contribution in [0.2, 0.25) is 0 Å². The van der Waals surface area contributed by atoms with Gasteiger partial charge in [0.2, 0.25) is 11.8 Å². The van der Waals surface area contributed by atoms with Gasteiger partial charge in [-0.25, -0.2) is 9.69 Å². The molecule has 1 aromatic carbocycles. The minimum absolute atomic E-state index is 0.0384. The van der Waals surface area contributed by atoms with E-state index in [-0.39, 0.29) is 49.2 Å². The molecular weight excluding hydrogens is 470 g/mol. The van der Waals surface area contributed by atoms with Gasteiger partial charge in [-0.1, -0.05) is 17.3 Å². The average Bonchev–Trinajstić information content (AvgIpc) is 3.28. The van der Waals surface area contributed by atoms with Gasteiger partial charge in [-0.2, -0.15) is 4.98 Å². The lowest BCUT2D eigenvalue weighted by Crippen LogP contribution is -2.38. The highest BCUT2D eigenvalue weighted by Crippen LogP contribution is 2.32. The largest absolute Gasteiger partial charge is 0.495 e. The number of imide groups is 2. The van der Waals surface area contributed by atoms with E-state index in [1.807, 2.05) is 12.1 Å². The topological polar surface area (TPSA) is 135 Å². The summed E-state index contributed by atoms with van der Waals surface area (Å²) in [7, 11) is 1.54. The molecule has 190 valence electrons. The van der Waals surface area contributed by atoms with Crippen LogP contribution in [0, 0.1) is 5.92 Å². The quantitative estimate of drug-likeness (QED) is 0.354. The molecule has 3 fully saturated rings. The summed E-state index contributed by atoms with van der Waals surface area (Å²) < 4.78 is 16.4. The van der Waals surface area contributed by atoms with Crippen LogP contribution < -0.4 is 9.64 Å². The SMILES string of the molecule is COc1ccccc1N(CC1CCCO1)C(=O)Cc1noc(CN2C(=O)C(=O)N(CC3CC3)C2=O)n1. The number of aromatic nitrogens is 2. The fraction of sp³-hybridized carbons (Fsp3) is 0.500. The van der Waals surface area contributed by atoms with E-state index in [1.165, 1.54) is 7.11 Å². The zero-order valence-electron chi connectivity index (χ0n) is 19.9. The molecule has 3 heterocycles. The van der Waals surface area contributed by atoms with Crippen molar-refractivity contribution in [3.63, 3.8) is 0 Å². The molecule has 0 spiro atoms. The van der Waals surface area contributed by atoms with E-state index < -0.39 is 17.8 Å². The van der Waals surface area contributed by atoms with E-state index in [0.29, 0.717) is 24.6 Å². The first-order valence-corrected chi connectivity index (χ1v) is 12.0. The molecule has 2 saturated heterocycles. The van der Waals surface area contributed by atoms with Gasteiger partial charge in [-0.15, -0.1) is 0 Å². The fourth-order valence-electron chi connectivity index (χ4n) is 4.38. The van der Waals surface area contributed by atoms with Crippen LogP contribution in [0.5, 0.6) is 5.75 Å². The van der Waals surface area contributed by atoms with Gasteiger partial charge in [-0.05, 0) is 43.7 Å². The Balaban J connectivity index is 1.28. The molecular formula is C24H27N5O7. The van der Waals surface area contributed by atoms with Crippen molar-refractivity contribution in [3.05, 3.63) is 36.0 Å². The zero-order valence-corrected chi connectivity index (χ0v) is 19.9. The van der Waals surface area contributed by atoms with E-state index >= 15 is 0 Å². The second-order valence-electron chi connectivity index (χ2n) is 9.13. The maximum absolute atomic E-state index is 13.3. The van der Waals surface area contributed by atoms with Gasteiger partial charge in [0.25, 0.3) is 0 Å². The summed E-state index contributed by atoms with van der Waals surface area (Å²) in [4.78, 5) is 58.0. The molecule has 36 heavy (non-hydrogen) atoms. The summed E-state index contributed by atoms with van der Waals surface area (Å²) >= 11 is 0. The van der Waals surface area contributed by atoms with Crippen LogP contribution in [0.1, 0.15) is 37.4 Å². The minimum Gasteiger partial charge on any atom is -0.495 e. The van der Waals surface area contributed by atoms with Crippen LogP contribution in [0.3, 0.4) is 0 Å². The highest BCUT2D eigenvalue weighted by atomic mass is 16.5. The van der Waals surface area contributed by atoms with Crippen molar-refractivity contribution in [2.24, 2.45) is 5.92 Å². The second-order valence-corrected chi connectivity index (χ2v) is 9.13. The molecule has 2 aliphatic heterocycles. The van der Waals surface area contributed by atoms with Gasteiger partial charge in [0, 0.05) is 13.2 Å². The third-order valence-corrected chi connectivity index (χ3v) is 6.47. The first kappa shape index (κ1) is 23.9. The van der Waals surface area contributed by atoms with Crippen molar-refractivity contribution < 1.29 is 33.2 Å². The molecule has 5 amide bonds. The minimum atomic E-state index is -0.921. The number of ether oxygens (including phenoxy) is 2. The lowest BCUT2D eigenvalue weighted by atomic mass is 10.2. The van der Waals surface area contributed by atoms with Crippen molar-refractivity contribution in [2.75, 3.05) is 31.7 Å². The van der Waals surface area contributed by atoms with Crippen molar-refractivity contribution in [3.8, 4) is 5.75 Å². The maximum atomic E-state index is 13.3. The number of amides is 5. The first-order valence-electron chi connectivity index (χ1n) is 12.0. The van der Waals surface area contributed by atoms with E-state index in [2.05, 4.69) is 10.1 Å². The lowest BCUT2D eigenvalue weighted by molar-refractivity contribution is -0.143. The number of hydrogen-bond donors (Lipinski definition) is 0. The number of anilines is 1. The zero-order chi connectivity index (χ0) is 25.2. The Labute approximate surface area is 207 Å². The Morgan fingerprint density at radius 2 is 1.92 bits per heavy atom. The Bertz CT molecular complexity index is 1170. The molecule has 1 unspecified atom stereocenters. The maximum Gasteiger partial charge on any atom is 0.334 e. The Hall–Kier alpha value is -3.80. The Morgan fingerprint density at radius 1 is 1.14 bits per heavy atom. The van der Waals surface area contributed by atoms with Gasteiger partial charge in [-0.3, -0.25) is 19.3 Å². The van der Waals surface area contributed by atoms with E-state index in [1.54, 1.807) is 17.0 Å². The number of para-hydroxylation sites is 2. The van der Waals surface area contributed by atoms with Crippen LogP contribution in [0.4, 0.5) is 10.5 Å². The first-order chi connectivity index (χ1) is 17.4. The number of methoxy groups -OCH3 is 1. The van der Waals surface area contributed by atoms with Crippen LogP contribution in [-0.4, -0.2) is 76.6 Å². The lowest BCUT2D eigenvalue weighted by Gasteiger charge is -2.26. The van der Waals surface area contributed by atoms with Crippen molar-refractivity contribution in [2.45, 2.75) is 44.8 Å². The molecule has 5 rings (SSSR count). The Morgan fingerprint density at radius 3 is 2.64 bits per heavy atom. The highest BCUT2D eigenvalue weighted by Gasteiger charge is 2.46. The second kappa shape index (κ2) is 10.1. The predicted molar refractivity (Wildman–Crippen MR) is 123 cm³/mol. The van der Waals surface area contributed by atoms with Crippen LogP contribution in [0.15, 0.2) is 28.8 Å². The number of rotatable bonds is 10. The summed E-state index contributed by atoms with van der Waals surface area (Å²) in [5, 5.41) is 3.85. The number of carbonyl (C=O) groups is 4. The monoisotopic (exact) mass is 497 g/mol. The molecule has 12 heteroatoms. The molecule has 1 aliphatic carbocycles. The molecule has 1 saturated carbocycles. The number of urea groups is 1. The smallest absolute Gasteiger partial charge is 0.334 e. The summed E-state index contributed by atoms with van der Waals surface area (Å²) in [6, 6.07) is 6.52. The summed E-state index contributed by atoms with van der Waals surface area (Å²) in [6.07, 6.45) is 3.38. The summed E-state index contributed by atoms with van der Waals surface area (Å²) in [5.41, 5.74) is 0.603. The molecule has 0 radical (unpaired) electrons. The van der Waals surface area contributed by atoms with Crippen molar-refractivity contribution in [1.82, 2.24) is 19.9 Å². The third kappa shape index (κ3) is 4.94. The highest BCUT2D eigenvalue weighted by molar-refractivity contribution is 6.44. The molecule has 1 atom stereocenters. The standard InChI is InChI=1S/C24H27N5O7/c1-34-18-7-3-2-6-17(18)27(13-16-5-4-10-35-16)21(30)11-19-25-20(36-26-19)14-29-23(32)22(31)28(24(29)33)12-15-8-9-15/h2-3,6-7,15-16H,4-5,8-14H2,1H3. The average molecular weight is 498 g/mol. The molecule has 3 aliphatic rings. The van der Waals surface area contributed by atoms with E-state index in [4.69, 9.17) is 14.0 Å². The number of carbonyl (C=O) groups excluding carboxylic acids is 4. The van der Waals surface area contributed by atoms with E-state index in [0.717, 1.165) is 35.5 Å². The Kier molecular flexibility index (Phi) is 6.68. The van der Waals surface area contributed by atoms with Crippen LogP contribution >= 0.6 is 0 Å². The number of hydrogen-bond acceptors (Lipinski definition) is 9. The van der Waals surface area contributed by atoms with Crippen molar-refractivity contribution in [1.29, 1.82) is 0 Å². The fourth-order valence-corrected chi connectivity index (χ4v) is 4.38. The normalized spacial score (nSPS) is 19.9. The van der Waals surface area contributed by atoms with Crippen LogP contribution in [-0.2, 0) is 32.1 Å². The molecule has 12 nitrogen and oxygen atoms in total. The van der Waals surface area contributed by atoms with Crippen LogP contribution in [0.25, 0.3) is 0 Å².